The maximum absolute atomic E-state index is 14.0. The van der Waals surface area contributed by atoms with E-state index in [0.29, 0.717) is 11.3 Å². The molecule has 12 heteroatoms. The van der Waals surface area contributed by atoms with Gasteiger partial charge in [-0.3, -0.25) is 4.79 Å². The highest BCUT2D eigenvalue weighted by Gasteiger charge is 2.36. The number of rotatable bonds is 9. The molecule has 0 atom stereocenters. The summed E-state index contributed by atoms with van der Waals surface area (Å²) in [6, 6.07) is 11.1. The van der Waals surface area contributed by atoms with Crippen molar-refractivity contribution in [3.63, 3.8) is 0 Å². The average Bonchev–Trinajstić information content (AvgIpc) is 3.38. The molecule has 0 spiro atoms. The minimum atomic E-state index is -4.79. The number of carboxylic acid groups (broad SMARTS) is 1. The summed E-state index contributed by atoms with van der Waals surface area (Å²) >= 11 is 1.38. The van der Waals surface area contributed by atoms with Crippen LogP contribution in [0.2, 0.25) is 0 Å². The number of aromatic carboxylic acids is 1. The van der Waals surface area contributed by atoms with Gasteiger partial charge in [0.1, 0.15) is 11.3 Å². The van der Waals surface area contributed by atoms with Crippen molar-refractivity contribution in [2.45, 2.75) is 39.4 Å². The number of halogens is 3. The number of thiazole rings is 1. The molecule has 2 heterocycles. The van der Waals surface area contributed by atoms with E-state index in [1.54, 1.807) is 48.4 Å². The topological polar surface area (TPSA) is 95.9 Å². The number of carboxylic acids is 1. The summed E-state index contributed by atoms with van der Waals surface area (Å²) in [5.41, 5.74) is 0.861. The molecule has 0 aliphatic carbocycles. The van der Waals surface area contributed by atoms with Gasteiger partial charge in [-0.2, -0.15) is 13.2 Å². The summed E-state index contributed by atoms with van der Waals surface area (Å²) in [6.45, 7) is 5.34. The molecule has 2 aromatic carbocycles. The van der Waals surface area contributed by atoms with Crippen LogP contribution in [0.1, 0.15) is 56.9 Å². The molecule has 2 aromatic heterocycles. The van der Waals surface area contributed by atoms with Crippen molar-refractivity contribution in [1.29, 1.82) is 0 Å². The Kier molecular flexibility index (Phi) is 8.86. The summed E-state index contributed by atoms with van der Waals surface area (Å²) in [6.07, 6.45) is -3.38. The average molecular weight is 599 g/mol. The lowest BCUT2D eigenvalue weighted by Crippen LogP contribution is -2.38. The van der Waals surface area contributed by atoms with E-state index < -0.39 is 35.5 Å². The number of aromatic nitrogens is 2. The highest BCUT2D eigenvalue weighted by Crippen LogP contribution is 2.39. The Labute approximate surface area is 245 Å². The fourth-order valence-electron chi connectivity index (χ4n) is 4.20. The van der Waals surface area contributed by atoms with Crippen molar-refractivity contribution in [3.8, 4) is 11.6 Å². The molecule has 0 saturated carbocycles. The van der Waals surface area contributed by atoms with Crippen LogP contribution in [-0.4, -0.2) is 47.1 Å². The molecule has 4 aromatic rings. The van der Waals surface area contributed by atoms with Gasteiger partial charge in [0.2, 0.25) is 5.88 Å². The molecule has 1 amide bonds. The second-order valence-electron chi connectivity index (χ2n) is 10.1. The van der Waals surface area contributed by atoms with E-state index in [4.69, 9.17) is 4.74 Å². The van der Waals surface area contributed by atoms with Crippen molar-refractivity contribution in [2.75, 3.05) is 23.9 Å². The van der Waals surface area contributed by atoms with Crippen LogP contribution < -0.4 is 14.5 Å². The first-order chi connectivity index (χ1) is 19.7. The zero-order valence-electron chi connectivity index (χ0n) is 23.6. The maximum Gasteiger partial charge on any atom is 0.421 e. The normalized spacial score (nSPS) is 11.5. The molecule has 4 rings (SSSR count). The molecule has 0 aliphatic rings. The number of carbonyl (C=O) groups excluding carboxylic acids is 1. The van der Waals surface area contributed by atoms with Crippen molar-refractivity contribution >= 4 is 34.0 Å². The van der Waals surface area contributed by atoms with Crippen LogP contribution in [0.3, 0.4) is 0 Å². The Morgan fingerprint density at radius 1 is 1.07 bits per heavy atom. The number of nitrogens with zero attached hydrogens (tertiary/aromatic N) is 4. The minimum Gasteiger partial charge on any atom is -0.478 e. The van der Waals surface area contributed by atoms with Crippen LogP contribution >= 0.6 is 11.3 Å². The smallest absolute Gasteiger partial charge is 0.421 e. The first-order valence-electron chi connectivity index (χ1n) is 12.9. The second kappa shape index (κ2) is 12.2. The van der Waals surface area contributed by atoms with Crippen LogP contribution in [0.15, 0.2) is 60.1 Å². The van der Waals surface area contributed by atoms with Crippen LogP contribution in [-0.2, 0) is 12.6 Å². The lowest BCUT2D eigenvalue weighted by atomic mass is 10.1. The van der Waals surface area contributed by atoms with Crippen molar-refractivity contribution < 1.29 is 32.6 Å². The molecule has 1 N–H and O–H groups in total. The van der Waals surface area contributed by atoms with Gasteiger partial charge in [-0.25, -0.2) is 14.8 Å². The predicted octanol–water partition coefficient (Wildman–Crippen LogP) is 7.07. The number of alkyl halides is 3. The van der Waals surface area contributed by atoms with E-state index in [9.17, 15) is 27.9 Å². The zero-order valence-corrected chi connectivity index (χ0v) is 24.4. The third-order valence-corrected chi connectivity index (χ3v) is 7.28. The highest BCUT2D eigenvalue weighted by atomic mass is 32.1. The molecule has 8 nitrogen and oxygen atoms in total. The van der Waals surface area contributed by atoms with Crippen molar-refractivity contribution in [2.24, 2.45) is 0 Å². The standard InChI is InChI=1S/C30H29F3N4O4S/c1-17(2)37(27(38)20-8-6-18(3)7-9-20)25-11-10-22(14-23(25)28(39)40)41-26-24(30(31,32)33)13-19(15-34-26)12-21-16-42-29(35-21)36(4)5/h6-11,13-17H,12H2,1-5H3,(H,39,40). The zero-order chi connectivity index (χ0) is 30.8. The van der Waals surface area contributed by atoms with Crippen LogP contribution in [0.25, 0.3) is 0 Å². The van der Waals surface area contributed by atoms with E-state index >= 15 is 0 Å². The van der Waals surface area contributed by atoms with Gasteiger partial charge in [-0.05, 0) is 62.7 Å². The largest absolute Gasteiger partial charge is 0.478 e. The van der Waals surface area contributed by atoms with Gasteiger partial charge in [0.15, 0.2) is 5.13 Å². The predicted molar refractivity (Wildman–Crippen MR) is 155 cm³/mol. The molecule has 220 valence electrons. The van der Waals surface area contributed by atoms with Gasteiger partial charge in [0.25, 0.3) is 5.91 Å². The summed E-state index contributed by atoms with van der Waals surface area (Å²) in [4.78, 5) is 37.1. The molecular formula is C30H29F3N4O4S. The number of ether oxygens (including phenoxy) is 1. The van der Waals surface area contributed by atoms with Crippen LogP contribution in [0.4, 0.5) is 24.0 Å². The van der Waals surface area contributed by atoms with Crippen LogP contribution in [0.5, 0.6) is 11.6 Å². The number of aryl methyl sites for hydroxylation is 1. The number of anilines is 2. The fourth-order valence-corrected chi connectivity index (χ4v) is 4.96. The lowest BCUT2D eigenvalue weighted by Gasteiger charge is -2.28. The quantitative estimate of drug-likeness (QED) is 0.220. The van der Waals surface area contributed by atoms with Crippen molar-refractivity contribution in [1.82, 2.24) is 9.97 Å². The third-order valence-electron chi connectivity index (χ3n) is 6.23. The Balaban J connectivity index is 1.67. The Morgan fingerprint density at radius 3 is 2.33 bits per heavy atom. The lowest BCUT2D eigenvalue weighted by molar-refractivity contribution is -0.138. The van der Waals surface area contributed by atoms with Crippen molar-refractivity contribution in [3.05, 3.63) is 93.6 Å². The number of carbonyl (C=O) groups is 2. The molecule has 0 aliphatic heterocycles. The number of benzene rings is 2. The van der Waals surface area contributed by atoms with E-state index in [-0.39, 0.29) is 29.0 Å². The molecule has 0 fully saturated rings. The molecule has 0 saturated heterocycles. The number of amides is 1. The van der Waals surface area contributed by atoms with Crippen LogP contribution in [0, 0.1) is 6.92 Å². The van der Waals surface area contributed by atoms with E-state index in [1.165, 1.54) is 34.6 Å². The fraction of sp³-hybridized carbons (Fsp3) is 0.267. The van der Waals surface area contributed by atoms with Gasteiger partial charge in [0.05, 0.1) is 16.9 Å². The first-order valence-corrected chi connectivity index (χ1v) is 13.8. The Bertz CT molecular complexity index is 1600. The Morgan fingerprint density at radius 2 is 1.76 bits per heavy atom. The summed E-state index contributed by atoms with van der Waals surface area (Å²) in [5.74, 6) is -2.70. The molecular weight excluding hydrogens is 569 g/mol. The number of hydrogen-bond donors (Lipinski definition) is 1. The van der Waals surface area contributed by atoms with Gasteiger partial charge >= 0.3 is 12.1 Å². The SMILES string of the molecule is Cc1ccc(C(=O)N(c2ccc(Oc3ncc(Cc4csc(N(C)C)n4)cc3C(F)(F)F)cc2C(=O)O)C(C)C)cc1. The van der Waals surface area contributed by atoms with E-state index in [2.05, 4.69) is 9.97 Å². The number of hydrogen-bond acceptors (Lipinski definition) is 7. The molecule has 0 radical (unpaired) electrons. The Hall–Kier alpha value is -4.45. The number of pyridine rings is 1. The molecule has 0 bridgehead atoms. The van der Waals surface area contributed by atoms with Gasteiger partial charge in [-0.1, -0.05) is 17.7 Å². The third kappa shape index (κ3) is 6.88. The summed E-state index contributed by atoms with van der Waals surface area (Å²) < 4.78 is 47.6. The molecule has 0 unspecified atom stereocenters. The molecule has 42 heavy (non-hydrogen) atoms. The van der Waals surface area contributed by atoms with Gasteiger partial charge in [0, 0.05) is 43.7 Å². The monoisotopic (exact) mass is 598 g/mol. The first kappa shape index (κ1) is 30.5. The highest BCUT2D eigenvalue weighted by molar-refractivity contribution is 7.13. The second-order valence-corrected chi connectivity index (χ2v) is 10.9. The van der Waals surface area contributed by atoms with E-state index in [0.717, 1.165) is 22.8 Å². The van der Waals surface area contributed by atoms with Gasteiger partial charge in [-0.15, -0.1) is 11.3 Å². The summed E-state index contributed by atoms with van der Waals surface area (Å²) in [7, 11) is 3.64. The van der Waals surface area contributed by atoms with Gasteiger partial charge < -0.3 is 19.6 Å². The van der Waals surface area contributed by atoms with E-state index in [1.807, 2.05) is 21.0 Å². The summed E-state index contributed by atoms with van der Waals surface area (Å²) in [5, 5.41) is 12.5. The maximum atomic E-state index is 14.0. The minimum absolute atomic E-state index is 0.0788.